The van der Waals surface area contributed by atoms with Gasteiger partial charge in [-0.3, -0.25) is 0 Å². The Morgan fingerprint density at radius 3 is 2.47 bits per heavy atom. The fraction of sp³-hybridized carbons (Fsp3) is 0.429. The van der Waals surface area contributed by atoms with Crippen LogP contribution < -0.4 is 5.73 Å². The van der Waals surface area contributed by atoms with Gasteiger partial charge in [-0.2, -0.15) is 0 Å². The Labute approximate surface area is 118 Å². The maximum atomic E-state index is 6.01. The first-order valence-electron chi connectivity index (χ1n) is 6.30. The van der Waals surface area contributed by atoms with Gasteiger partial charge in [0.15, 0.2) is 0 Å². The standard InChI is InChI=1S/C14H19ClN4/c1-14(2,3)19-12(17-18-13(19)9-16)8-10-5-4-6-11(15)7-10/h4-7H,8-9,16H2,1-3H3. The molecule has 0 bridgehead atoms. The van der Waals surface area contributed by atoms with E-state index in [1.54, 1.807) is 0 Å². The molecule has 1 aromatic carbocycles. The zero-order valence-electron chi connectivity index (χ0n) is 11.5. The van der Waals surface area contributed by atoms with Crippen molar-refractivity contribution in [2.45, 2.75) is 39.3 Å². The molecule has 0 unspecified atom stereocenters. The van der Waals surface area contributed by atoms with Gasteiger partial charge in [-0.05, 0) is 38.5 Å². The molecule has 0 radical (unpaired) electrons. The van der Waals surface area contributed by atoms with Gasteiger partial charge >= 0.3 is 0 Å². The van der Waals surface area contributed by atoms with Gasteiger partial charge in [-0.25, -0.2) is 0 Å². The predicted octanol–water partition coefficient (Wildman–Crippen LogP) is 2.74. The fourth-order valence-corrected chi connectivity index (χ4v) is 2.42. The third kappa shape index (κ3) is 3.14. The number of rotatable bonds is 3. The number of nitrogens with zero attached hydrogens (tertiary/aromatic N) is 3. The van der Waals surface area contributed by atoms with Crippen molar-refractivity contribution in [2.24, 2.45) is 5.73 Å². The highest BCUT2D eigenvalue weighted by atomic mass is 35.5. The minimum absolute atomic E-state index is 0.0912. The third-order valence-corrected chi connectivity index (χ3v) is 3.14. The van der Waals surface area contributed by atoms with Crippen molar-refractivity contribution in [3.63, 3.8) is 0 Å². The molecule has 102 valence electrons. The summed E-state index contributed by atoms with van der Waals surface area (Å²) in [6.07, 6.45) is 0.699. The van der Waals surface area contributed by atoms with Crippen LogP contribution in [0.5, 0.6) is 0 Å². The topological polar surface area (TPSA) is 56.7 Å². The molecule has 0 spiro atoms. The summed E-state index contributed by atoms with van der Waals surface area (Å²) in [5.74, 6) is 1.72. The van der Waals surface area contributed by atoms with E-state index in [-0.39, 0.29) is 5.54 Å². The first kappa shape index (κ1) is 14.0. The number of aromatic nitrogens is 3. The fourth-order valence-electron chi connectivity index (χ4n) is 2.20. The molecule has 0 fully saturated rings. The number of halogens is 1. The molecular formula is C14H19ClN4. The molecule has 1 heterocycles. The molecule has 0 aliphatic rings. The van der Waals surface area contributed by atoms with Gasteiger partial charge in [0.2, 0.25) is 0 Å². The Balaban J connectivity index is 2.38. The average molecular weight is 279 g/mol. The molecule has 2 N–H and O–H groups in total. The molecule has 5 heteroatoms. The second-order valence-corrected chi connectivity index (χ2v) is 5.99. The van der Waals surface area contributed by atoms with E-state index in [4.69, 9.17) is 17.3 Å². The molecule has 0 aliphatic heterocycles. The van der Waals surface area contributed by atoms with Crippen LogP contribution in [0.25, 0.3) is 0 Å². The Kier molecular flexibility index (Phi) is 3.92. The number of nitrogens with two attached hydrogens (primary N) is 1. The molecule has 0 saturated carbocycles. The number of hydrogen-bond donors (Lipinski definition) is 1. The van der Waals surface area contributed by atoms with Crippen molar-refractivity contribution in [3.8, 4) is 0 Å². The largest absolute Gasteiger partial charge is 0.324 e. The smallest absolute Gasteiger partial charge is 0.147 e. The first-order chi connectivity index (χ1) is 8.91. The molecule has 0 amide bonds. The van der Waals surface area contributed by atoms with E-state index >= 15 is 0 Å². The summed E-state index contributed by atoms with van der Waals surface area (Å²) in [5.41, 5.74) is 6.76. The zero-order chi connectivity index (χ0) is 14.0. The van der Waals surface area contributed by atoms with Crippen LogP contribution in [0.15, 0.2) is 24.3 Å². The highest BCUT2D eigenvalue weighted by Gasteiger charge is 2.22. The van der Waals surface area contributed by atoms with Gasteiger partial charge in [-0.15, -0.1) is 10.2 Å². The predicted molar refractivity (Wildman–Crippen MR) is 77.2 cm³/mol. The van der Waals surface area contributed by atoms with Crippen LogP contribution in [0, 0.1) is 0 Å². The molecule has 0 aliphatic carbocycles. The van der Waals surface area contributed by atoms with Crippen LogP contribution >= 0.6 is 11.6 Å². The minimum atomic E-state index is -0.0912. The van der Waals surface area contributed by atoms with Crippen molar-refractivity contribution in [1.29, 1.82) is 0 Å². The summed E-state index contributed by atoms with van der Waals surface area (Å²) >= 11 is 6.01. The van der Waals surface area contributed by atoms with E-state index < -0.39 is 0 Å². The lowest BCUT2D eigenvalue weighted by Crippen LogP contribution is -2.27. The normalized spacial score (nSPS) is 11.8. The highest BCUT2D eigenvalue weighted by molar-refractivity contribution is 6.30. The van der Waals surface area contributed by atoms with Gasteiger partial charge in [0, 0.05) is 17.0 Å². The van der Waals surface area contributed by atoms with Crippen LogP contribution in [0.3, 0.4) is 0 Å². The minimum Gasteiger partial charge on any atom is -0.324 e. The van der Waals surface area contributed by atoms with E-state index in [0.717, 1.165) is 22.2 Å². The summed E-state index contributed by atoms with van der Waals surface area (Å²) in [5, 5.41) is 9.18. The zero-order valence-corrected chi connectivity index (χ0v) is 12.3. The van der Waals surface area contributed by atoms with E-state index in [1.807, 2.05) is 24.3 Å². The molecular weight excluding hydrogens is 260 g/mol. The van der Waals surface area contributed by atoms with E-state index in [0.29, 0.717) is 13.0 Å². The maximum absolute atomic E-state index is 6.01. The van der Waals surface area contributed by atoms with Gasteiger partial charge in [0.25, 0.3) is 0 Å². The van der Waals surface area contributed by atoms with Crippen LogP contribution in [-0.2, 0) is 18.5 Å². The van der Waals surface area contributed by atoms with E-state index in [1.165, 1.54) is 0 Å². The summed E-state index contributed by atoms with van der Waals surface area (Å²) in [6.45, 7) is 6.75. The Bertz CT molecular complexity index is 569. The second-order valence-electron chi connectivity index (χ2n) is 5.55. The molecule has 0 atom stereocenters. The van der Waals surface area contributed by atoms with E-state index in [9.17, 15) is 0 Å². The average Bonchev–Trinajstić information content (AvgIpc) is 2.71. The molecule has 0 saturated heterocycles. The lowest BCUT2D eigenvalue weighted by Gasteiger charge is -2.24. The van der Waals surface area contributed by atoms with Gasteiger partial charge in [0.1, 0.15) is 11.6 Å². The Morgan fingerprint density at radius 1 is 1.21 bits per heavy atom. The summed E-state index contributed by atoms with van der Waals surface area (Å²) in [6, 6.07) is 7.80. The Hall–Kier alpha value is -1.39. The molecule has 2 rings (SSSR count). The van der Waals surface area contributed by atoms with Gasteiger partial charge in [-0.1, -0.05) is 23.7 Å². The number of hydrogen-bond acceptors (Lipinski definition) is 3. The maximum Gasteiger partial charge on any atom is 0.147 e. The summed E-state index contributed by atoms with van der Waals surface area (Å²) in [4.78, 5) is 0. The highest BCUT2D eigenvalue weighted by Crippen LogP contribution is 2.21. The van der Waals surface area contributed by atoms with Crippen LogP contribution in [-0.4, -0.2) is 14.8 Å². The lowest BCUT2D eigenvalue weighted by molar-refractivity contribution is 0.371. The lowest BCUT2D eigenvalue weighted by atomic mass is 10.1. The van der Waals surface area contributed by atoms with Crippen LogP contribution in [0.4, 0.5) is 0 Å². The van der Waals surface area contributed by atoms with Crippen LogP contribution in [0.2, 0.25) is 5.02 Å². The third-order valence-electron chi connectivity index (χ3n) is 2.90. The molecule has 1 aromatic heterocycles. The second kappa shape index (κ2) is 5.31. The monoisotopic (exact) mass is 278 g/mol. The van der Waals surface area contributed by atoms with Crippen molar-refractivity contribution < 1.29 is 0 Å². The quantitative estimate of drug-likeness (QED) is 0.939. The van der Waals surface area contributed by atoms with Crippen molar-refractivity contribution >= 4 is 11.6 Å². The SMILES string of the molecule is CC(C)(C)n1c(CN)nnc1Cc1cccc(Cl)c1. The van der Waals surface area contributed by atoms with Crippen molar-refractivity contribution in [3.05, 3.63) is 46.5 Å². The summed E-state index contributed by atoms with van der Waals surface area (Å²) < 4.78 is 2.11. The first-order valence-corrected chi connectivity index (χ1v) is 6.68. The van der Waals surface area contributed by atoms with Crippen molar-refractivity contribution in [2.75, 3.05) is 0 Å². The number of benzene rings is 1. The molecule has 2 aromatic rings. The molecule has 4 nitrogen and oxygen atoms in total. The molecule has 19 heavy (non-hydrogen) atoms. The van der Waals surface area contributed by atoms with Gasteiger partial charge in [0.05, 0.1) is 6.54 Å². The van der Waals surface area contributed by atoms with Gasteiger partial charge < -0.3 is 10.3 Å². The van der Waals surface area contributed by atoms with E-state index in [2.05, 4.69) is 35.5 Å². The summed E-state index contributed by atoms with van der Waals surface area (Å²) in [7, 11) is 0. The van der Waals surface area contributed by atoms with Crippen molar-refractivity contribution in [1.82, 2.24) is 14.8 Å². The Morgan fingerprint density at radius 2 is 1.89 bits per heavy atom. The van der Waals surface area contributed by atoms with Crippen LogP contribution in [0.1, 0.15) is 38.0 Å².